The Hall–Kier alpha value is -9.77. The maximum atomic E-state index is 4.98. The van der Waals surface area contributed by atoms with Crippen molar-refractivity contribution in [3.63, 3.8) is 0 Å². The first-order valence-corrected chi connectivity index (χ1v) is 25.6. The molecule has 4 nitrogen and oxygen atoms in total. The van der Waals surface area contributed by atoms with E-state index in [-0.39, 0.29) is 0 Å². The number of fused-ring (bicyclic) bond motifs is 14. The highest BCUT2D eigenvalue weighted by atomic mass is 15.0. The third-order valence-electron chi connectivity index (χ3n) is 16.5. The third kappa shape index (κ3) is 5.28. The minimum atomic E-state index is 0.676. The molecule has 15 aromatic carbocycles. The van der Waals surface area contributed by atoms with E-state index in [1.807, 2.05) is 12.4 Å². The van der Waals surface area contributed by atoms with Crippen LogP contribution in [0.15, 0.2) is 224 Å². The molecule has 1 aliphatic rings. The molecule has 0 radical (unpaired) electrons. The first-order chi connectivity index (χ1) is 36.8. The Morgan fingerprint density at radius 3 is 1.54 bits per heavy atom. The van der Waals surface area contributed by atoms with Gasteiger partial charge in [0.2, 0.25) is 0 Å². The van der Waals surface area contributed by atoms with Crippen molar-refractivity contribution >= 4 is 136 Å². The molecule has 0 bridgehead atoms. The minimum absolute atomic E-state index is 0.676. The van der Waals surface area contributed by atoms with Crippen LogP contribution in [0.5, 0.6) is 0 Å². The van der Waals surface area contributed by atoms with Crippen molar-refractivity contribution in [1.82, 2.24) is 9.97 Å². The van der Waals surface area contributed by atoms with Gasteiger partial charge in [-0.3, -0.25) is 15.0 Å². The predicted octanol–water partition coefficient (Wildman–Crippen LogP) is 18.8. The molecular weight excluding hydrogens is 897 g/mol. The van der Waals surface area contributed by atoms with Gasteiger partial charge >= 0.3 is 0 Å². The van der Waals surface area contributed by atoms with Crippen LogP contribution in [-0.2, 0) is 0 Å². The van der Waals surface area contributed by atoms with Gasteiger partial charge in [-0.2, -0.15) is 0 Å². The SMILES string of the molecule is C1=Nc2cccc(-c3c4ccccc4c(-c4cccc5ccccc45)c4c5cccc6c7cc8c9c(-c%10cccc%11nccnc%10%11)ccc(-c%10cccc%11ccccc%10%11)c9c9cccc(c7cc(c34)c65)c98)c2NC1. The highest BCUT2D eigenvalue weighted by Crippen LogP contribution is 2.57. The second-order valence-electron chi connectivity index (χ2n) is 20.0. The van der Waals surface area contributed by atoms with Gasteiger partial charge in [-0.25, -0.2) is 0 Å². The Labute approximate surface area is 424 Å². The molecular formula is C70H40N4. The van der Waals surface area contributed by atoms with Crippen LogP contribution in [0.4, 0.5) is 11.4 Å². The predicted molar refractivity (Wildman–Crippen MR) is 315 cm³/mol. The average Bonchev–Trinajstić information content (AvgIpc) is 3.98. The van der Waals surface area contributed by atoms with Crippen molar-refractivity contribution in [2.45, 2.75) is 0 Å². The second kappa shape index (κ2) is 14.9. The van der Waals surface area contributed by atoms with Crippen molar-refractivity contribution in [1.29, 1.82) is 0 Å². The summed E-state index contributed by atoms with van der Waals surface area (Å²) < 4.78 is 0. The molecule has 74 heavy (non-hydrogen) atoms. The lowest BCUT2D eigenvalue weighted by Gasteiger charge is -2.21. The van der Waals surface area contributed by atoms with Gasteiger partial charge in [0.05, 0.1) is 29.0 Å². The standard InChI is InChI=1S/C70H40N4/c1-3-17-41-39(13-1)15-7-21-43(41)49-31-32-50(51-25-11-29-59-69(51)73-35-33-71-59)66-57-37-55-48-24-10-27-53-62(48)58(38-56(55)47-23-9-26-52(61(47)57)64(49)66)68-65(54-28-12-30-60-70(54)74-36-34-72-60)46-20-6-5-19-45(46)63(67(53)68)44-22-8-16-40-14-2-4-18-42(40)44/h1-35,37-38,74H,36H2. The fourth-order valence-electron chi connectivity index (χ4n) is 13.6. The van der Waals surface area contributed by atoms with Crippen LogP contribution in [0.25, 0.3) is 163 Å². The van der Waals surface area contributed by atoms with Crippen molar-refractivity contribution in [2.75, 3.05) is 11.9 Å². The van der Waals surface area contributed by atoms with Crippen LogP contribution in [-0.4, -0.2) is 22.7 Å². The molecule has 1 N–H and O–H groups in total. The molecule has 0 atom stereocenters. The molecule has 0 saturated carbocycles. The van der Waals surface area contributed by atoms with Gasteiger partial charge in [0, 0.05) is 35.3 Å². The number of benzene rings is 13. The van der Waals surface area contributed by atoms with Crippen molar-refractivity contribution in [2.24, 2.45) is 4.99 Å². The molecule has 0 aliphatic carbocycles. The first-order valence-electron chi connectivity index (χ1n) is 25.6. The largest absolute Gasteiger partial charge is 0.378 e. The number of rotatable bonds is 4. The molecule has 17 rings (SSSR count). The van der Waals surface area contributed by atoms with E-state index in [4.69, 9.17) is 15.0 Å². The summed E-state index contributed by atoms with van der Waals surface area (Å²) in [5.41, 5.74) is 13.4. The van der Waals surface area contributed by atoms with E-state index in [9.17, 15) is 0 Å². The van der Waals surface area contributed by atoms with Crippen LogP contribution in [0, 0.1) is 0 Å². The van der Waals surface area contributed by atoms with Gasteiger partial charge in [0.15, 0.2) is 0 Å². The fourth-order valence-corrected chi connectivity index (χ4v) is 13.6. The molecule has 1 aliphatic heterocycles. The second-order valence-corrected chi connectivity index (χ2v) is 20.0. The monoisotopic (exact) mass is 936 g/mol. The van der Waals surface area contributed by atoms with Gasteiger partial charge in [-0.15, -0.1) is 0 Å². The Morgan fingerprint density at radius 2 is 0.797 bits per heavy atom. The van der Waals surface area contributed by atoms with E-state index in [1.165, 1.54) is 141 Å². The highest BCUT2D eigenvalue weighted by molar-refractivity contribution is 6.46. The van der Waals surface area contributed by atoms with Crippen LogP contribution in [0.1, 0.15) is 0 Å². The van der Waals surface area contributed by atoms with E-state index in [2.05, 4.69) is 212 Å². The molecule has 0 fully saturated rings. The van der Waals surface area contributed by atoms with E-state index >= 15 is 0 Å². The number of nitrogens with zero attached hydrogens (tertiary/aromatic N) is 3. The van der Waals surface area contributed by atoms with Gasteiger partial charge in [0.1, 0.15) is 0 Å². The van der Waals surface area contributed by atoms with Crippen LogP contribution < -0.4 is 5.32 Å². The van der Waals surface area contributed by atoms with Crippen molar-refractivity contribution in [3.05, 3.63) is 219 Å². The van der Waals surface area contributed by atoms with E-state index in [1.54, 1.807) is 6.20 Å². The molecule has 16 aromatic rings. The lowest BCUT2D eigenvalue weighted by molar-refractivity contribution is 1.29. The lowest BCUT2D eigenvalue weighted by Crippen LogP contribution is -2.08. The number of hydrogen-bond donors (Lipinski definition) is 1. The van der Waals surface area contributed by atoms with E-state index in [0.29, 0.717) is 6.54 Å². The molecule has 340 valence electrons. The quantitative estimate of drug-likeness (QED) is 0.179. The molecule has 0 spiro atoms. The Morgan fingerprint density at radius 1 is 0.311 bits per heavy atom. The Kier molecular flexibility index (Phi) is 8.03. The number of nitrogens with one attached hydrogen (secondary N) is 1. The van der Waals surface area contributed by atoms with Gasteiger partial charge in [-0.1, -0.05) is 182 Å². The third-order valence-corrected chi connectivity index (χ3v) is 16.5. The summed E-state index contributed by atoms with van der Waals surface area (Å²) in [5.74, 6) is 0. The van der Waals surface area contributed by atoms with Crippen molar-refractivity contribution < 1.29 is 0 Å². The van der Waals surface area contributed by atoms with Gasteiger partial charge < -0.3 is 5.32 Å². The zero-order chi connectivity index (χ0) is 48.2. The first kappa shape index (κ1) is 39.9. The fraction of sp³-hybridized carbons (Fsp3) is 0.0143. The minimum Gasteiger partial charge on any atom is -0.378 e. The Bertz CT molecular complexity index is 5130. The van der Waals surface area contributed by atoms with Crippen LogP contribution in [0.2, 0.25) is 0 Å². The van der Waals surface area contributed by atoms with E-state index < -0.39 is 0 Å². The number of aromatic nitrogens is 2. The molecule has 0 saturated heterocycles. The smallest absolute Gasteiger partial charge is 0.0965 e. The van der Waals surface area contributed by atoms with E-state index in [0.717, 1.165) is 33.5 Å². The summed E-state index contributed by atoms with van der Waals surface area (Å²) in [5, 5.41) is 28.8. The van der Waals surface area contributed by atoms with Crippen LogP contribution in [0.3, 0.4) is 0 Å². The number of aliphatic imine (C=N–C) groups is 1. The summed E-state index contributed by atoms with van der Waals surface area (Å²) in [6.07, 6.45) is 5.58. The number of hydrogen-bond acceptors (Lipinski definition) is 4. The average molecular weight is 937 g/mol. The molecule has 2 heterocycles. The zero-order valence-corrected chi connectivity index (χ0v) is 39.9. The summed E-state index contributed by atoms with van der Waals surface area (Å²) in [6.45, 7) is 0.676. The summed E-state index contributed by atoms with van der Waals surface area (Å²) in [4.78, 5) is 14.7. The normalized spacial score (nSPS) is 12.9. The topological polar surface area (TPSA) is 50.2 Å². The molecule has 0 amide bonds. The maximum absolute atomic E-state index is 4.98. The molecule has 1 aromatic heterocycles. The number of para-hydroxylation sites is 2. The summed E-state index contributed by atoms with van der Waals surface area (Å²) in [6, 6.07) is 77.1. The zero-order valence-electron chi connectivity index (χ0n) is 39.9. The van der Waals surface area contributed by atoms with Gasteiger partial charge in [-0.05, 0) is 160 Å². The highest BCUT2D eigenvalue weighted by Gasteiger charge is 2.29. The maximum Gasteiger partial charge on any atom is 0.0965 e. The lowest BCUT2D eigenvalue weighted by atomic mass is 9.84. The molecule has 0 unspecified atom stereocenters. The van der Waals surface area contributed by atoms with Crippen LogP contribution >= 0.6 is 0 Å². The number of anilines is 1. The summed E-state index contributed by atoms with van der Waals surface area (Å²) in [7, 11) is 0. The molecule has 4 heteroatoms. The van der Waals surface area contributed by atoms with Crippen molar-refractivity contribution in [3.8, 4) is 44.5 Å². The van der Waals surface area contributed by atoms with Gasteiger partial charge in [0.25, 0.3) is 0 Å². The summed E-state index contributed by atoms with van der Waals surface area (Å²) >= 11 is 0. The Balaban J connectivity index is 1.09.